The maximum Gasteiger partial charge on any atom is 0.397 e. The normalized spacial score (nSPS) is 42.7. The number of ether oxygens (including phenoxy) is 5. The van der Waals surface area contributed by atoms with Crippen molar-refractivity contribution in [3.05, 3.63) is 0 Å². The van der Waals surface area contributed by atoms with Crippen LogP contribution in [0.1, 0.15) is 64.2 Å². The molecule has 0 aromatic heterocycles. The van der Waals surface area contributed by atoms with Crippen LogP contribution in [-0.4, -0.2) is 115 Å². The average molecular weight is 779 g/mol. The van der Waals surface area contributed by atoms with Crippen LogP contribution in [0, 0.1) is 35.5 Å². The number of rotatable bonds is 4. The molecule has 8 bridgehead atoms. The van der Waals surface area contributed by atoms with Crippen LogP contribution in [0.15, 0.2) is 0 Å². The molecule has 8 aliphatic carbocycles. The first kappa shape index (κ1) is 39.7. The molecule has 2 saturated heterocycles. The summed E-state index contributed by atoms with van der Waals surface area (Å²) in [6.07, 6.45) is 4.72. The van der Waals surface area contributed by atoms with Gasteiger partial charge in [0.15, 0.2) is 11.6 Å². The number of aliphatic hydroxyl groups excluding tert-OH is 2. The molecule has 10 aliphatic rings. The van der Waals surface area contributed by atoms with Crippen LogP contribution in [0.5, 0.6) is 0 Å². The molecule has 0 radical (unpaired) electrons. The van der Waals surface area contributed by atoms with E-state index in [0.717, 1.165) is 6.42 Å². The van der Waals surface area contributed by atoms with E-state index in [4.69, 9.17) is 47.7 Å². The molecule has 12 nitrogen and oxygen atoms in total. The van der Waals surface area contributed by atoms with Crippen LogP contribution < -0.4 is 0 Å². The van der Waals surface area contributed by atoms with Crippen molar-refractivity contribution in [1.29, 1.82) is 0 Å². The van der Waals surface area contributed by atoms with Crippen molar-refractivity contribution in [3.63, 3.8) is 0 Å². The van der Waals surface area contributed by atoms with E-state index < -0.39 is 109 Å². The minimum Gasteiger partial charge on any atom is -0.371 e. The summed E-state index contributed by atoms with van der Waals surface area (Å²) >= 11 is 0. The lowest BCUT2D eigenvalue weighted by Gasteiger charge is -2.63. The quantitative estimate of drug-likeness (QED) is 0.185. The first-order chi connectivity index (χ1) is 23.5. The molecule has 10 fully saturated rings. The lowest BCUT2D eigenvalue weighted by molar-refractivity contribution is -0.361. The van der Waals surface area contributed by atoms with Gasteiger partial charge in [-0.3, -0.25) is 4.55 Å². The summed E-state index contributed by atoms with van der Waals surface area (Å²) in [4.78, 5) is 0. The molecule has 0 amide bonds. The Balaban J connectivity index is 0.000000164. The fourth-order valence-electron chi connectivity index (χ4n) is 10.6. The Morgan fingerprint density at radius 2 is 0.843 bits per heavy atom. The molecular formula is C30H42F8O12S. The van der Waals surface area contributed by atoms with Crippen molar-refractivity contribution in [2.24, 2.45) is 35.5 Å². The van der Waals surface area contributed by atoms with Gasteiger partial charge in [0, 0.05) is 23.7 Å². The third-order valence-corrected chi connectivity index (χ3v) is 12.7. The highest BCUT2D eigenvalue weighted by Crippen LogP contribution is 2.65. The van der Waals surface area contributed by atoms with Gasteiger partial charge in [0.05, 0.1) is 11.2 Å². The maximum absolute atomic E-state index is 13.6. The van der Waals surface area contributed by atoms with E-state index in [-0.39, 0.29) is 30.6 Å². The molecule has 2 spiro atoms. The van der Waals surface area contributed by atoms with Crippen LogP contribution in [0.3, 0.4) is 0 Å². The fraction of sp³-hybridized carbons (Fsp3) is 1.00. The third kappa shape index (κ3) is 6.92. The minimum atomic E-state index is -4.69. The van der Waals surface area contributed by atoms with E-state index in [1.807, 2.05) is 0 Å². The van der Waals surface area contributed by atoms with Crippen molar-refractivity contribution in [1.82, 2.24) is 0 Å². The molecule has 2 heterocycles. The second-order valence-electron chi connectivity index (χ2n) is 15.4. The zero-order valence-corrected chi connectivity index (χ0v) is 28.1. The number of hydrogen-bond acceptors (Lipinski definition) is 11. The molecule has 51 heavy (non-hydrogen) atoms. The smallest absolute Gasteiger partial charge is 0.371 e. The fourth-order valence-corrected chi connectivity index (χ4v) is 11.3. The first-order valence-electron chi connectivity index (χ1n) is 16.7. The Morgan fingerprint density at radius 3 is 1.14 bits per heavy atom. The van der Waals surface area contributed by atoms with Gasteiger partial charge < -0.3 is 39.0 Å². The van der Waals surface area contributed by atoms with Crippen molar-refractivity contribution in [3.8, 4) is 0 Å². The first-order valence-corrected chi connectivity index (χ1v) is 18.1. The van der Waals surface area contributed by atoms with Gasteiger partial charge in [0.2, 0.25) is 0 Å². The summed E-state index contributed by atoms with van der Waals surface area (Å²) in [7, 11) is -4.69. The molecule has 0 aromatic rings. The van der Waals surface area contributed by atoms with Crippen LogP contribution in [-0.2, 0) is 38.3 Å². The van der Waals surface area contributed by atoms with Gasteiger partial charge >= 0.3 is 34.1 Å². The number of alkyl halides is 8. The van der Waals surface area contributed by atoms with E-state index in [9.17, 15) is 43.5 Å². The summed E-state index contributed by atoms with van der Waals surface area (Å²) < 4.78 is 172. The Bertz CT molecular complexity index is 1330. The lowest BCUT2D eigenvalue weighted by atomic mass is 9.51. The molecule has 10 rings (SSSR count). The highest BCUT2D eigenvalue weighted by molar-refractivity contribution is 7.80. The number of hydrogen-bond donors (Lipinski definition) is 4. The van der Waals surface area contributed by atoms with Crippen molar-refractivity contribution < 1.29 is 91.3 Å². The highest BCUT2D eigenvalue weighted by Gasteiger charge is 2.71. The SMILES string of the molecule is O=S(=O)(O)OC12CC3CC(C1)C1(OCC(F)(F)C(F)(F)CO1)C(C3)C2.OCO.OCOC12CC3CC(C1)C1(OCC(F)(F)C(F)(F)CO1)C(C3)C2. The van der Waals surface area contributed by atoms with Crippen molar-refractivity contribution >= 4 is 10.4 Å². The molecule has 4 unspecified atom stereocenters. The van der Waals surface area contributed by atoms with Gasteiger partial charge in [-0.1, -0.05) is 0 Å². The Labute approximate surface area is 288 Å². The molecule has 4 atom stereocenters. The standard InChI is InChI=1S/C15H20F4O4.C14H18F4O6S.CH4O2/c16-13(17)6-21-15(22-7-14(13,18)19)10-1-9-2-11(15)5-12(3-9,4-10)23-8-20;15-12(16)6-22-14(23-7-13(12,17)18)9-1-8-2-10(14)5-11(3-8,4-9)24-25(19,20)21;2-1-3/h9-11,20H,1-8H2;8-10H,1-7H2,(H,19,20,21);2-3H,1H2. The molecule has 8 saturated carbocycles. The van der Waals surface area contributed by atoms with E-state index in [0.29, 0.717) is 50.9 Å². The monoisotopic (exact) mass is 778 g/mol. The van der Waals surface area contributed by atoms with Crippen molar-refractivity contribution in [2.45, 2.75) is 111 Å². The molecule has 21 heteroatoms. The Morgan fingerprint density at radius 1 is 0.549 bits per heavy atom. The van der Waals surface area contributed by atoms with E-state index in [2.05, 4.69) is 0 Å². The van der Waals surface area contributed by atoms with Crippen LogP contribution in [0.4, 0.5) is 35.1 Å². The van der Waals surface area contributed by atoms with Gasteiger partial charge in [0.1, 0.15) is 40.0 Å². The Hall–Kier alpha value is -1.01. The molecular weight excluding hydrogens is 736 g/mol. The van der Waals surface area contributed by atoms with E-state index in [1.165, 1.54) is 0 Å². The summed E-state index contributed by atoms with van der Waals surface area (Å²) in [6.45, 7) is -6.72. The van der Waals surface area contributed by atoms with Gasteiger partial charge in [-0.25, -0.2) is 4.18 Å². The zero-order chi connectivity index (χ0) is 37.5. The Kier molecular flexibility index (Phi) is 10.2. The van der Waals surface area contributed by atoms with Crippen molar-refractivity contribution in [2.75, 3.05) is 40.0 Å². The number of halogens is 8. The lowest BCUT2D eigenvalue weighted by Crippen LogP contribution is -2.66. The zero-order valence-electron chi connectivity index (χ0n) is 27.3. The maximum atomic E-state index is 13.6. The van der Waals surface area contributed by atoms with Gasteiger partial charge in [-0.2, -0.15) is 43.5 Å². The van der Waals surface area contributed by atoms with E-state index in [1.54, 1.807) is 0 Å². The molecule has 2 aliphatic heterocycles. The second kappa shape index (κ2) is 13.0. The van der Waals surface area contributed by atoms with Gasteiger partial charge in [-0.15, -0.1) is 0 Å². The highest BCUT2D eigenvalue weighted by atomic mass is 32.3. The predicted molar refractivity (Wildman–Crippen MR) is 152 cm³/mol. The summed E-state index contributed by atoms with van der Waals surface area (Å²) in [5.41, 5.74) is -1.65. The van der Waals surface area contributed by atoms with Gasteiger partial charge in [-0.05, 0) is 76.0 Å². The predicted octanol–water partition coefficient (Wildman–Crippen LogP) is 3.87. The summed E-state index contributed by atoms with van der Waals surface area (Å²) in [5, 5.41) is 23.4. The molecule has 0 aromatic carbocycles. The number of aliphatic hydroxyl groups is 3. The summed E-state index contributed by atoms with van der Waals surface area (Å²) in [6, 6.07) is 0. The minimum absolute atomic E-state index is 0.0429. The van der Waals surface area contributed by atoms with Crippen LogP contribution in [0.2, 0.25) is 0 Å². The molecule has 296 valence electrons. The average Bonchev–Trinajstić information content (AvgIpc) is 3.14. The van der Waals surface area contributed by atoms with E-state index >= 15 is 0 Å². The van der Waals surface area contributed by atoms with Crippen LogP contribution >= 0.6 is 0 Å². The molecule has 4 N–H and O–H groups in total. The second-order valence-corrected chi connectivity index (χ2v) is 16.4. The topological polar surface area (TPSA) is 170 Å². The van der Waals surface area contributed by atoms with Gasteiger partial charge in [0.25, 0.3) is 0 Å². The largest absolute Gasteiger partial charge is 0.397 e. The summed E-state index contributed by atoms with van der Waals surface area (Å²) in [5.74, 6) is -21.3. The van der Waals surface area contributed by atoms with Crippen LogP contribution in [0.25, 0.3) is 0 Å². The third-order valence-electron chi connectivity index (χ3n) is 12.2.